The van der Waals surface area contributed by atoms with Gasteiger partial charge in [-0.1, -0.05) is 68.2 Å². The quantitative estimate of drug-likeness (QED) is 0.131. The van der Waals surface area contributed by atoms with Gasteiger partial charge >= 0.3 is 0 Å². The van der Waals surface area contributed by atoms with Gasteiger partial charge in [-0.05, 0) is 75.0 Å². The molecule has 0 spiro atoms. The molecular weight excluding hydrogens is 718 g/mol. The first-order valence-corrected chi connectivity index (χ1v) is 21.1. The van der Waals surface area contributed by atoms with Crippen molar-refractivity contribution in [2.45, 2.75) is 169 Å². The van der Waals surface area contributed by atoms with Crippen molar-refractivity contribution in [3.05, 3.63) is 0 Å². The summed E-state index contributed by atoms with van der Waals surface area (Å²) in [4.78, 5) is 98.6. The van der Waals surface area contributed by atoms with Crippen molar-refractivity contribution in [3.63, 3.8) is 0 Å². The van der Waals surface area contributed by atoms with E-state index in [4.69, 9.17) is 5.73 Å². The van der Waals surface area contributed by atoms with Crippen LogP contribution in [0.2, 0.25) is 0 Å². The topological polar surface area (TPSA) is 212 Å². The lowest BCUT2D eigenvalue weighted by molar-refractivity contribution is -0.148. The molecule has 3 aliphatic heterocycles. The van der Waals surface area contributed by atoms with Crippen LogP contribution < -0.4 is 21.7 Å². The van der Waals surface area contributed by atoms with Crippen molar-refractivity contribution in [3.8, 4) is 0 Å². The first-order valence-electron chi connectivity index (χ1n) is 21.1. The highest BCUT2D eigenvalue weighted by Crippen LogP contribution is 2.29. The first kappa shape index (κ1) is 46.6. The van der Waals surface area contributed by atoms with Crippen LogP contribution in [0.5, 0.6) is 0 Å². The van der Waals surface area contributed by atoms with Crippen molar-refractivity contribution < 1.29 is 38.7 Å². The molecule has 3 heterocycles. The highest BCUT2D eigenvalue weighted by molar-refractivity contribution is 5.96. The molecule has 0 unspecified atom stereocenters. The van der Waals surface area contributed by atoms with Crippen LogP contribution in [0.4, 0.5) is 0 Å². The summed E-state index contributed by atoms with van der Waals surface area (Å²) in [6.07, 6.45) is 4.21. The smallest absolute Gasteiger partial charge is 0.246 e. The maximum atomic E-state index is 14.2. The highest BCUT2D eigenvalue weighted by atomic mass is 16.3. The van der Waals surface area contributed by atoms with Gasteiger partial charge in [0, 0.05) is 32.6 Å². The van der Waals surface area contributed by atoms with Crippen LogP contribution in [0.25, 0.3) is 0 Å². The third kappa shape index (κ3) is 11.7. The summed E-state index contributed by atoms with van der Waals surface area (Å²) in [6.45, 7) is 17.8. The molecule has 10 atom stereocenters. The molecule has 0 aromatic rings. The molecular formula is C41H71N7O8. The second kappa shape index (κ2) is 21.1. The molecule has 6 N–H and O–H groups in total. The molecule has 3 fully saturated rings. The number of amides is 7. The average molecular weight is 790 g/mol. The van der Waals surface area contributed by atoms with Crippen molar-refractivity contribution in [1.82, 2.24) is 30.7 Å². The molecule has 15 nitrogen and oxygen atoms in total. The molecule has 3 aliphatic rings. The minimum Gasteiger partial charge on any atom is -0.392 e. The van der Waals surface area contributed by atoms with Gasteiger partial charge in [0.2, 0.25) is 41.4 Å². The number of likely N-dealkylation sites (tertiary alicyclic amines) is 3. The lowest BCUT2D eigenvalue weighted by atomic mass is 9.86. The Labute approximate surface area is 334 Å². The number of primary amides is 1. The summed E-state index contributed by atoms with van der Waals surface area (Å²) in [6, 6.07) is -4.46. The molecule has 7 amide bonds. The fourth-order valence-corrected chi connectivity index (χ4v) is 8.54. The summed E-state index contributed by atoms with van der Waals surface area (Å²) in [7, 11) is 0. The summed E-state index contributed by atoms with van der Waals surface area (Å²) in [5.74, 6) is -4.36. The van der Waals surface area contributed by atoms with E-state index in [0.717, 1.165) is 6.42 Å². The molecule has 0 radical (unpaired) electrons. The average Bonchev–Trinajstić information content (AvgIpc) is 3.94. The zero-order valence-electron chi connectivity index (χ0n) is 35.3. The van der Waals surface area contributed by atoms with Crippen LogP contribution in [0.3, 0.4) is 0 Å². The predicted octanol–water partition coefficient (Wildman–Crippen LogP) is 2.08. The highest BCUT2D eigenvalue weighted by Gasteiger charge is 2.45. The number of hydrogen-bond donors (Lipinski definition) is 5. The van der Waals surface area contributed by atoms with Gasteiger partial charge in [0.25, 0.3) is 0 Å². The second-order valence-electron chi connectivity index (χ2n) is 17.3. The Hall–Kier alpha value is -3.75. The van der Waals surface area contributed by atoms with E-state index >= 15 is 0 Å². The number of nitrogens with zero attached hydrogens (tertiary/aromatic N) is 3. The van der Waals surface area contributed by atoms with E-state index in [2.05, 4.69) is 16.0 Å². The predicted molar refractivity (Wildman–Crippen MR) is 212 cm³/mol. The second-order valence-corrected chi connectivity index (χ2v) is 17.3. The van der Waals surface area contributed by atoms with Gasteiger partial charge in [0.15, 0.2) is 0 Å². The van der Waals surface area contributed by atoms with Crippen LogP contribution in [0.15, 0.2) is 0 Å². The molecule has 318 valence electrons. The minimum absolute atomic E-state index is 0.0324. The number of hydrogen-bond acceptors (Lipinski definition) is 8. The van der Waals surface area contributed by atoms with E-state index in [1.165, 1.54) is 16.7 Å². The van der Waals surface area contributed by atoms with Gasteiger partial charge in [-0.25, -0.2) is 0 Å². The van der Waals surface area contributed by atoms with Crippen molar-refractivity contribution in [2.75, 3.05) is 19.6 Å². The largest absolute Gasteiger partial charge is 0.392 e. The molecule has 56 heavy (non-hydrogen) atoms. The number of aliphatic hydroxyl groups excluding tert-OH is 1. The summed E-state index contributed by atoms with van der Waals surface area (Å²) >= 11 is 0. The number of aliphatic hydroxyl groups is 1. The maximum Gasteiger partial charge on any atom is 0.246 e. The monoisotopic (exact) mass is 790 g/mol. The third-order valence-electron chi connectivity index (χ3n) is 12.2. The summed E-state index contributed by atoms with van der Waals surface area (Å²) in [5, 5.41) is 20.4. The molecule has 0 bridgehead atoms. The Morgan fingerprint density at radius 3 is 1.75 bits per heavy atom. The van der Waals surface area contributed by atoms with E-state index in [9.17, 15) is 38.7 Å². The molecule has 3 saturated heterocycles. The van der Waals surface area contributed by atoms with Gasteiger partial charge < -0.3 is 41.5 Å². The van der Waals surface area contributed by atoms with Crippen LogP contribution in [0.1, 0.15) is 127 Å². The molecule has 0 aromatic heterocycles. The fourth-order valence-electron chi connectivity index (χ4n) is 8.54. The number of carbonyl (C=O) groups is 7. The Morgan fingerprint density at radius 2 is 1.20 bits per heavy atom. The number of nitrogens with one attached hydrogen (secondary N) is 3. The van der Waals surface area contributed by atoms with E-state index < -0.39 is 65.9 Å². The zero-order chi connectivity index (χ0) is 42.0. The zero-order valence-corrected chi connectivity index (χ0v) is 35.3. The lowest BCUT2D eigenvalue weighted by Crippen LogP contribution is -2.60. The first-order chi connectivity index (χ1) is 26.3. The van der Waals surface area contributed by atoms with Gasteiger partial charge in [-0.15, -0.1) is 0 Å². The maximum absolute atomic E-state index is 14.2. The molecule has 0 aliphatic carbocycles. The van der Waals surface area contributed by atoms with Gasteiger partial charge in [0.1, 0.15) is 30.2 Å². The van der Waals surface area contributed by atoms with E-state index in [0.29, 0.717) is 71.0 Å². The SMILES string of the molecule is CC[C@H](C)[C@@H](NC(=O)[C@@H](CC(C)C)[C@H](O)C[C@H]1CCCN1C(=O)[C@H](NC(C)=O)[C@@H](C)CC)C(=O)N[C@@H](C(=O)N1CCC[C@@H]1C(=O)N1CCC[C@@H]1C(N)=O)C(C)C. The summed E-state index contributed by atoms with van der Waals surface area (Å²) in [5.41, 5.74) is 5.58. The minimum atomic E-state index is -1.11. The van der Waals surface area contributed by atoms with E-state index in [1.54, 1.807) is 4.90 Å². The number of carbonyl (C=O) groups excluding carboxylic acids is 7. The normalized spacial score (nSPS) is 23.6. The fraction of sp³-hybridized carbons (Fsp3) is 0.829. The van der Waals surface area contributed by atoms with Crippen LogP contribution >= 0.6 is 0 Å². The van der Waals surface area contributed by atoms with Gasteiger partial charge in [-0.2, -0.15) is 0 Å². The number of nitrogens with two attached hydrogens (primary N) is 1. The van der Waals surface area contributed by atoms with Crippen LogP contribution in [-0.2, 0) is 33.6 Å². The summed E-state index contributed by atoms with van der Waals surface area (Å²) < 4.78 is 0. The van der Waals surface area contributed by atoms with Gasteiger partial charge in [0.05, 0.1) is 12.0 Å². The van der Waals surface area contributed by atoms with Gasteiger partial charge in [-0.3, -0.25) is 33.6 Å². The Morgan fingerprint density at radius 1 is 0.679 bits per heavy atom. The molecule has 0 saturated carbocycles. The molecule has 3 rings (SSSR count). The lowest BCUT2D eigenvalue weighted by Gasteiger charge is -2.35. The van der Waals surface area contributed by atoms with Crippen LogP contribution in [-0.4, -0.2) is 123 Å². The Balaban J connectivity index is 1.78. The van der Waals surface area contributed by atoms with Crippen molar-refractivity contribution >= 4 is 41.4 Å². The standard InChI is InChI=1S/C41H71N7O8/c1-10-25(7)34(38(53)44-33(24(5)6)40(55)48-20-14-17-31(48)39(54)47-19-13-16-30(47)36(42)51)45-37(52)29(21-23(3)4)32(50)22-28-15-12-18-46(28)41(56)35(26(8)11-2)43-27(9)49/h23-26,28-35,50H,10-22H2,1-9H3,(H2,42,51)(H,43,49)(H,44,53)(H,45,52)/t25-,26-,28+,29-,30+,31+,32+,33+,34+,35+/m0/s1. The molecule has 15 heteroatoms. The molecule has 0 aromatic carbocycles. The Bertz CT molecular complexity index is 1410. The van der Waals surface area contributed by atoms with E-state index in [1.807, 2.05) is 55.4 Å². The number of rotatable bonds is 19. The van der Waals surface area contributed by atoms with Crippen molar-refractivity contribution in [1.29, 1.82) is 0 Å². The van der Waals surface area contributed by atoms with Crippen molar-refractivity contribution in [2.24, 2.45) is 35.3 Å². The van der Waals surface area contributed by atoms with E-state index in [-0.39, 0.29) is 53.9 Å². The van der Waals surface area contributed by atoms with Crippen LogP contribution in [0, 0.1) is 29.6 Å². The Kier molecular flexibility index (Phi) is 17.6. The third-order valence-corrected chi connectivity index (χ3v) is 12.2.